The maximum absolute atomic E-state index is 13.8. The van der Waals surface area contributed by atoms with Crippen LogP contribution in [0, 0.1) is 21.3 Å². The van der Waals surface area contributed by atoms with Crippen LogP contribution in [0.25, 0.3) is 0 Å². The third kappa shape index (κ3) is 4.74. The van der Waals surface area contributed by atoms with Gasteiger partial charge in [-0.25, -0.2) is 0 Å². The van der Waals surface area contributed by atoms with Gasteiger partial charge in [0.05, 0.1) is 23.9 Å². The fourth-order valence-electron chi connectivity index (χ4n) is 3.06. The number of nitro groups is 1. The van der Waals surface area contributed by atoms with E-state index in [0.717, 1.165) is 17.8 Å². The fraction of sp³-hybridized carbons (Fsp3) is 0.350. The third-order valence-corrected chi connectivity index (χ3v) is 4.99. The van der Waals surface area contributed by atoms with Gasteiger partial charge in [0, 0.05) is 24.9 Å². The van der Waals surface area contributed by atoms with Crippen molar-refractivity contribution in [1.82, 2.24) is 5.32 Å². The molecule has 2 aromatic carbocycles. The summed E-state index contributed by atoms with van der Waals surface area (Å²) in [5, 5.41) is 24.8. The highest BCUT2D eigenvalue weighted by molar-refractivity contribution is 5.93. The zero-order chi connectivity index (χ0) is 21.1. The van der Waals surface area contributed by atoms with E-state index in [0.29, 0.717) is 5.92 Å². The zero-order valence-electron chi connectivity index (χ0n) is 16.5. The molecule has 3 N–H and O–H groups in total. The molecule has 0 radical (unpaired) electrons. The molecule has 0 amide bonds. The summed E-state index contributed by atoms with van der Waals surface area (Å²) in [6.45, 7) is 1.89. The number of anilines is 2. The van der Waals surface area contributed by atoms with Gasteiger partial charge in [-0.2, -0.15) is 4.39 Å². The van der Waals surface area contributed by atoms with Crippen molar-refractivity contribution in [3.05, 3.63) is 57.9 Å². The van der Waals surface area contributed by atoms with Crippen molar-refractivity contribution >= 4 is 23.0 Å². The Bertz CT molecular complexity index is 932. The second-order valence-corrected chi connectivity index (χ2v) is 7.06. The number of hydrogen-bond donors (Lipinski definition) is 3. The first-order valence-electron chi connectivity index (χ1n) is 9.27. The zero-order valence-corrected chi connectivity index (χ0v) is 16.5. The summed E-state index contributed by atoms with van der Waals surface area (Å²) in [7, 11) is 3.24. The predicted octanol–water partition coefficient (Wildman–Crippen LogP) is 4.04. The van der Waals surface area contributed by atoms with Crippen molar-refractivity contribution in [1.29, 1.82) is 5.41 Å². The van der Waals surface area contributed by atoms with Crippen molar-refractivity contribution in [2.45, 2.75) is 31.8 Å². The van der Waals surface area contributed by atoms with Crippen LogP contribution in [0.15, 0.2) is 36.4 Å². The smallest absolute Gasteiger partial charge is 0.307 e. The van der Waals surface area contributed by atoms with Crippen molar-refractivity contribution in [3.63, 3.8) is 0 Å². The molecule has 1 aliphatic carbocycles. The molecule has 0 saturated heterocycles. The molecule has 0 heterocycles. The molecule has 154 valence electrons. The molecular weight excluding hydrogens is 377 g/mol. The topological polar surface area (TPSA) is 104 Å². The monoisotopic (exact) mass is 401 g/mol. The molecule has 0 aliphatic heterocycles. The maximum Gasteiger partial charge on any atom is 0.307 e. The molecular formula is C20H24FN5O3. The lowest BCUT2D eigenvalue weighted by atomic mass is 10.1. The first-order valence-corrected chi connectivity index (χ1v) is 9.27. The number of nitrogens with one attached hydrogen (secondary N) is 3. The van der Waals surface area contributed by atoms with Gasteiger partial charge >= 0.3 is 5.69 Å². The molecule has 8 nitrogen and oxygen atoms in total. The molecule has 0 bridgehead atoms. The highest BCUT2D eigenvalue weighted by Gasteiger charge is 2.24. The first kappa shape index (κ1) is 20.4. The highest BCUT2D eigenvalue weighted by atomic mass is 19.1. The van der Waals surface area contributed by atoms with Gasteiger partial charge in [0.2, 0.25) is 5.82 Å². The second-order valence-electron chi connectivity index (χ2n) is 7.06. The quantitative estimate of drug-likeness (QED) is 0.213. The van der Waals surface area contributed by atoms with Gasteiger partial charge in [0.25, 0.3) is 0 Å². The molecule has 1 aliphatic rings. The van der Waals surface area contributed by atoms with E-state index in [1.807, 2.05) is 31.0 Å². The molecule has 9 heteroatoms. The number of guanidine groups is 1. The number of benzene rings is 2. The van der Waals surface area contributed by atoms with Crippen LogP contribution in [-0.2, 0) is 0 Å². The molecule has 0 aromatic heterocycles. The lowest BCUT2D eigenvalue weighted by molar-refractivity contribution is -0.387. The number of nitro benzene ring substituents is 1. The predicted molar refractivity (Wildman–Crippen MR) is 110 cm³/mol. The van der Waals surface area contributed by atoms with Gasteiger partial charge in [-0.15, -0.1) is 0 Å². The van der Waals surface area contributed by atoms with E-state index in [4.69, 9.17) is 10.1 Å². The summed E-state index contributed by atoms with van der Waals surface area (Å²) in [5.41, 5.74) is 1.78. The number of methoxy groups -OCH3 is 1. The molecule has 1 unspecified atom stereocenters. The maximum atomic E-state index is 13.8. The summed E-state index contributed by atoms with van der Waals surface area (Å²) in [5.74, 6) is -0.381. The van der Waals surface area contributed by atoms with E-state index in [9.17, 15) is 14.5 Å². The SMILES string of the molecule is COc1cc(F)c([N+](=O)[O-])cc1NC(=N)NC(C)N(C)c1cccc(C2CC2)c1. The minimum absolute atomic E-state index is 0.0674. The van der Waals surface area contributed by atoms with E-state index < -0.39 is 16.4 Å². The minimum Gasteiger partial charge on any atom is -0.494 e. The normalized spacial score (nSPS) is 14.1. The Morgan fingerprint density at radius 1 is 1.38 bits per heavy atom. The lowest BCUT2D eigenvalue weighted by Crippen LogP contribution is -2.46. The van der Waals surface area contributed by atoms with Crippen LogP contribution >= 0.6 is 0 Å². The summed E-state index contributed by atoms with van der Waals surface area (Å²) in [4.78, 5) is 12.2. The summed E-state index contributed by atoms with van der Waals surface area (Å²) >= 11 is 0. The van der Waals surface area contributed by atoms with E-state index in [1.54, 1.807) is 0 Å². The molecule has 3 rings (SSSR count). The largest absolute Gasteiger partial charge is 0.494 e. The Hall–Kier alpha value is -3.36. The number of ether oxygens (including phenoxy) is 1. The van der Waals surface area contributed by atoms with E-state index in [1.165, 1.54) is 25.5 Å². The Labute approximate surface area is 168 Å². The summed E-state index contributed by atoms with van der Waals surface area (Å²) < 4.78 is 18.8. The van der Waals surface area contributed by atoms with Gasteiger partial charge in [-0.05, 0) is 43.4 Å². The highest BCUT2D eigenvalue weighted by Crippen LogP contribution is 2.41. The van der Waals surface area contributed by atoms with Crippen molar-refractivity contribution < 1.29 is 14.1 Å². The van der Waals surface area contributed by atoms with Gasteiger partial charge in [-0.1, -0.05) is 12.1 Å². The van der Waals surface area contributed by atoms with Gasteiger partial charge in [-0.3, -0.25) is 15.5 Å². The van der Waals surface area contributed by atoms with Gasteiger partial charge in [0.1, 0.15) is 5.75 Å². The average molecular weight is 401 g/mol. The standard InChI is InChI=1S/C20H24FN5O3/c1-12(25(2)15-6-4-5-14(9-15)13-7-8-13)23-20(22)24-17-11-18(26(27)28)16(21)10-19(17)29-3/h4-6,9-13H,7-8H2,1-3H3,(H3,22,23,24). The lowest BCUT2D eigenvalue weighted by Gasteiger charge is -2.29. The van der Waals surface area contributed by atoms with Crippen LogP contribution in [0.2, 0.25) is 0 Å². The van der Waals surface area contributed by atoms with Crippen LogP contribution in [-0.4, -0.2) is 31.2 Å². The van der Waals surface area contributed by atoms with Crippen LogP contribution in [0.4, 0.5) is 21.5 Å². The average Bonchev–Trinajstić information content (AvgIpc) is 3.53. The first-order chi connectivity index (χ1) is 13.8. The van der Waals surface area contributed by atoms with Crippen LogP contribution in [0.3, 0.4) is 0 Å². The number of rotatable bonds is 7. The van der Waals surface area contributed by atoms with Crippen molar-refractivity contribution in [2.75, 3.05) is 24.4 Å². The Morgan fingerprint density at radius 3 is 2.72 bits per heavy atom. The van der Waals surface area contributed by atoms with Gasteiger partial charge in [0.15, 0.2) is 5.96 Å². The number of nitrogens with zero attached hydrogens (tertiary/aromatic N) is 2. The van der Waals surface area contributed by atoms with E-state index in [-0.39, 0.29) is 23.6 Å². The Morgan fingerprint density at radius 2 is 2.10 bits per heavy atom. The molecule has 1 fully saturated rings. The van der Waals surface area contributed by atoms with E-state index >= 15 is 0 Å². The number of halogens is 1. The second kappa shape index (κ2) is 8.34. The number of hydrogen-bond acceptors (Lipinski definition) is 5. The molecule has 29 heavy (non-hydrogen) atoms. The van der Waals surface area contributed by atoms with Crippen LogP contribution in [0.1, 0.15) is 31.2 Å². The molecule has 1 saturated carbocycles. The van der Waals surface area contributed by atoms with Crippen molar-refractivity contribution in [2.24, 2.45) is 0 Å². The molecule has 0 spiro atoms. The van der Waals surface area contributed by atoms with Crippen molar-refractivity contribution in [3.8, 4) is 5.75 Å². The van der Waals surface area contributed by atoms with Gasteiger partial charge < -0.3 is 20.3 Å². The third-order valence-electron chi connectivity index (χ3n) is 4.99. The van der Waals surface area contributed by atoms with Crippen LogP contribution in [0.5, 0.6) is 5.75 Å². The summed E-state index contributed by atoms with van der Waals surface area (Å²) in [6, 6.07) is 10.2. The Balaban J connectivity index is 1.69. The molecule has 1 atom stereocenters. The fourth-order valence-corrected chi connectivity index (χ4v) is 3.06. The molecule has 2 aromatic rings. The minimum atomic E-state index is -1.000. The van der Waals surface area contributed by atoms with E-state index in [2.05, 4.69) is 22.8 Å². The summed E-state index contributed by atoms with van der Waals surface area (Å²) in [6.07, 6.45) is 2.20. The van der Waals surface area contributed by atoms with Crippen LogP contribution < -0.4 is 20.3 Å². The Kier molecular flexibility index (Phi) is 5.86.